The van der Waals surface area contributed by atoms with Gasteiger partial charge in [0.25, 0.3) is 0 Å². The van der Waals surface area contributed by atoms with Crippen LogP contribution in [0.1, 0.15) is 37.0 Å². The van der Waals surface area contributed by atoms with Gasteiger partial charge in [0.1, 0.15) is 8.07 Å². The van der Waals surface area contributed by atoms with Crippen LogP contribution in [-0.2, 0) is 9.78 Å². The summed E-state index contributed by atoms with van der Waals surface area (Å²) in [5.74, 6) is -0.454. The van der Waals surface area contributed by atoms with Crippen molar-refractivity contribution in [3.8, 4) is 0 Å². The molecule has 0 spiro atoms. The van der Waals surface area contributed by atoms with Crippen LogP contribution in [0, 0.1) is 6.92 Å². The smallest absolute Gasteiger partial charge is 0.293 e. The van der Waals surface area contributed by atoms with Crippen molar-refractivity contribution in [3.63, 3.8) is 0 Å². The minimum absolute atomic E-state index is 0.380. The summed E-state index contributed by atoms with van der Waals surface area (Å²) in [6.45, 7) is 12.5. The molecule has 1 rings (SSSR count). The van der Waals surface area contributed by atoms with Gasteiger partial charge in [0.2, 0.25) is 0 Å². The summed E-state index contributed by atoms with van der Waals surface area (Å²) in [5.41, 5.74) is 2.63. The van der Waals surface area contributed by atoms with Gasteiger partial charge in [0.15, 0.2) is 0 Å². The van der Waals surface area contributed by atoms with Gasteiger partial charge in [-0.05, 0) is 18.6 Å². The van der Waals surface area contributed by atoms with Crippen molar-refractivity contribution in [2.45, 2.75) is 38.8 Å². The molecule has 0 aliphatic rings. The van der Waals surface area contributed by atoms with Crippen molar-refractivity contribution in [1.29, 1.82) is 0 Å². The Bertz CT molecular complexity index is 450. The Balaban J connectivity index is 2.73. The fourth-order valence-corrected chi connectivity index (χ4v) is 5.27. The standard InChI is InChI=1S/C17H25O3Si/c1-5-9-14-19-20-17(18)15-10-12-16(13-11-15)21(6-2,7-3)8-4/h6,10-13H,1-2,5,7-9,14H2,3-4H3. The molecule has 0 heterocycles. The number of carbonyl (C=O) groups is 1. The second-order valence-corrected chi connectivity index (χ2v) is 9.76. The van der Waals surface area contributed by atoms with Gasteiger partial charge in [-0.1, -0.05) is 62.3 Å². The molecule has 0 aliphatic heterocycles. The summed E-state index contributed by atoms with van der Waals surface area (Å²) in [5, 5.41) is 1.30. The Kier molecular flexibility index (Phi) is 7.40. The van der Waals surface area contributed by atoms with Gasteiger partial charge in [-0.15, -0.1) is 6.58 Å². The normalized spacial score (nSPS) is 11.2. The van der Waals surface area contributed by atoms with Gasteiger partial charge in [0, 0.05) is 0 Å². The summed E-state index contributed by atoms with van der Waals surface area (Å²) >= 11 is 0. The maximum absolute atomic E-state index is 11.8. The minimum Gasteiger partial charge on any atom is -0.293 e. The fraction of sp³-hybridized carbons (Fsp3) is 0.412. The first-order valence-corrected chi connectivity index (χ1v) is 9.99. The molecule has 0 aromatic heterocycles. The summed E-state index contributed by atoms with van der Waals surface area (Å²) in [4.78, 5) is 21.4. The molecule has 0 bridgehead atoms. The first kappa shape index (κ1) is 17.7. The lowest BCUT2D eigenvalue weighted by Gasteiger charge is -2.25. The predicted molar refractivity (Wildman–Crippen MR) is 88.9 cm³/mol. The zero-order valence-corrected chi connectivity index (χ0v) is 14.1. The first-order chi connectivity index (χ1) is 10.1. The molecule has 21 heavy (non-hydrogen) atoms. The Morgan fingerprint density at radius 1 is 1.24 bits per heavy atom. The van der Waals surface area contributed by atoms with Crippen molar-refractivity contribution >= 4 is 19.2 Å². The lowest BCUT2D eigenvalue weighted by Crippen LogP contribution is -2.44. The highest BCUT2D eigenvalue weighted by Gasteiger charge is 2.27. The zero-order chi connectivity index (χ0) is 15.7. The number of unbranched alkanes of at least 4 members (excludes halogenated alkanes) is 1. The highest BCUT2D eigenvalue weighted by atomic mass is 28.3. The highest BCUT2D eigenvalue weighted by Crippen LogP contribution is 2.17. The Labute approximate surface area is 128 Å². The number of hydrogen-bond acceptors (Lipinski definition) is 3. The molecular weight excluding hydrogens is 280 g/mol. The number of rotatable bonds is 9. The largest absolute Gasteiger partial charge is 0.373 e. The van der Waals surface area contributed by atoms with Crippen LogP contribution in [0.15, 0.2) is 36.5 Å². The fourth-order valence-electron chi connectivity index (χ4n) is 2.31. The minimum atomic E-state index is -1.61. The van der Waals surface area contributed by atoms with Crippen LogP contribution < -0.4 is 5.19 Å². The van der Waals surface area contributed by atoms with E-state index in [-0.39, 0.29) is 0 Å². The van der Waals surface area contributed by atoms with Crippen molar-refractivity contribution in [1.82, 2.24) is 0 Å². The van der Waals surface area contributed by atoms with E-state index >= 15 is 0 Å². The van der Waals surface area contributed by atoms with E-state index in [0.717, 1.165) is 24.9 Å². The summed E-state index contributed by atoms with van der Waals surface area (Å²) in [7, 11) is -1.61. The molecule has 0 fully saturated rings. The first-order valence-electron chi connectivity index (χ1n) is 7.50. The maximum atomic E-state index is 11.8. The summed E-state index contributed by atoms with van der Waals surface area (Å²) in [6, 6.07) is 9.88. The summed E-state index contributed by atoms with van der Waals surface area (Å²) < 4.78 is 0. The van der Waals surface area contributed by atoms with Crippen molar-refractivity contribution in [2.24, 2.45) is 0 Å². The Hall–Kier alpha value is -1.39. The van der Waals surface area contributed by atoms with E-state index in [1.54, 1.807) is 12.1 Å². The summed E-state index contributed by atoms with van der Waals surface area (Å²) in [6.07, 6.45) is 1.53. The number of benzene rings is 1. The average molecular weight is 305 g/mol. The second kappa shape index (κ2) is 8.80. The van der Waals surface area contributed by atoms with Crippen molar-refractivity contribution in [2.75, 3.05) is 6.61 Å². The third-order valence-electron chi connectivity index (χ3n) is 3.96. The van der Waals surface area contributed by atoms with Gasteiger partial charge in [0.05, 0.1) is 12.2 Å². The molecule has 0 N–H and O–H groups in total. The molecule has 0 unspecified atom stereocenters. The van der Waals surface area contributed by atoms with Crippen LogP contribution in [0.5, 0.6) is 0 Å². The van der Waals surface area contributed by atoms with Crippen LogP contribution in [0.2, 0.25) is 12.1 Å². The molecule has 4 heteroatoms. The van der Waals surface area contributed by atoms with E-state index in [2.05, 4.69) is 33.0 Å². The van der Waals surface area contributed by atoms with E-state index in [4.69, 9.17) is 9.78 Å². The molecule has 0 aliphatic carbocycles. The van der Waals surface area contributed by atoms with Gasteiger partial charge in [-0.25, -0.2) is 4.79 Å². The monoisotopic (exact) mass is 305 g/mol. The zero-order valence-electron chi connectivity index (χ0n) is 13.1. The molecule has 3 nitrogen and oxygen atoms in total. The lowest BCUT2D eigenvalue weighted by molar-refractivity contribution is -0.241. The molecule has 1 aromatic carbocycles. The number of carbonyl (C=O) groups excluding carboxylic acids is 1. The van der Waals surface area contributed by atoms with Crippen LogP contribution in [-0.4, -0.2) is 20.7 Å². The van der Waals surface area contributed by atoms with Crippen LogP contribution >= 0.6 is 0 Å². The predicted octanol–water partition coefficient (Wildman–Crippen LogP) is 3.81. The number of hydrogen-bond donors (Lipinski definition) is 0. The maximum Gasteiger partial charge on any atom is 0.373 e. The quantitative estimate of drug-likeness (QED) is 0.301. The van der Waals surface area contributed by atoms with Crippen LogP contribution in [0.4, 0.5) is 0 Å². The van der Waals surface area contributed by atoms with Crippen molar-refractivity contribution < 1.29 is 14.6 Å². The molecule has 1 aromatic rings. The second-order valence-electron chi connectivity index (χ2n) is 5.04. The van der Waals surface area contributed by atoms with E-state index in [9.17, 15) is 4.79 Å². The van der Waals surface area contributed by atoms with Crippen LogP contribution in [0.25, 0.3) is 0 Å². The van der Waals surface area contributed by atoms with Gasteiger partial charge >= 0.3 is 5.97 Å². The third-order valence-corrected chi connectivity index (χ3v) is 8.75. The molecule has 0 atom stereocenters. The molecule has 1 radical (unpaired) electrons. The molecule has 115 valence electrons. The van der Waals surface area contributed by atoms with Gasteiger partial charge in [-0.3, -0.25) is 4.89 Å². The van der Waals surface area contributed by atoms with E-state index in [1.165, 1.54) is 5.19 Å². The Morgan fingerprint density at radius 3 is 2.33 bits per heavy atom. The van der Waals surface area contributed by atoms with Crippen LogP contribution in [0.3, 0.4) is 0 Å². The van der Waals surface area contributed by atoms with Gasteiger partial charge < -0.3 is 0 Å². The average Bonchev–Trinajstić information content (AvgIpc) is 2.54. The molecule has 0 amide bonds. The van der Waals surface area contributed by atoms with E-state index in [0.29, 0.717) is 12.2 Å². The third kappa shape index (κ3) is 4.54. The Morgan fingerprint density at radius 2 is 1.86 bits per heavy atom. The van der Waals surface area contributed by atoms with Crippen molar-refractivity contribution in [3.05, 3.63) is 49.0 Å². The molecule has 0 saturated carbocycles. The molecule has 0 saturated heterocycles. The van der Waals surface area contributed by atoms with E-state index < -0.39 is 14.0 Å². The molecular formula is C17H25O3Si. The SMILES string of the molecule is [CH2]CCCOOC(=O)c1ccc([Si](C=C)(CC)CC)cc1. The van der Waals surface area contributed by atoms with E-state index in [1.807, 2.05) is 12.1 Å². The highest BCUT2D eigenvalue weighted by molar-refractivity contribution is 6.95. The van der Waals surface area contributed by atoms with Gasteiger partial charge in [-0.2, -0.15) is 4.89 Å². The topological polar surface area (TPSA) is 35.5 Å². The lowest BCUT2D eigenvalue weighted by atomic mass is 10.2.